The molecule has 0 saturated carbocycles. The number of nitrogens with one attached hydrogen (secondary N) is 1. The van der Waals surface area contributed by atoms with Crippen molar-refractivity contribution in [2.45, 2.75) is 70.5 Å². The standard InChI is InChI=1S/C22H45N3O2/c1-10-20(26)27-16-15-24(6,7)13-11-12-14-25(8,9)19-17-21(2,3)23-22(4,5)18-19/h10,19,23H,1,11-18H2,2-9H3/q+2. The van der Waals surface area contributed by atoms with Crippen LogP contribution in [0.3, 0.4) is 0 Å². The highest BCUT2D eigenvalue weighted by atomic mass is 16.5. The van der Waals surface area contributed by atoms with Crippen LogP contribution in [0.4, 0.5) is 0 Å². The Kier molecular flexibility index (Phi) is 8.10. The van der Waals surface area contributed by atoms with Gasteiger partial charge < -0.3 is 19.0 Å². The summed E-state index contributed by atoms with van der Waals surface area (Å²) >= 11 is 0. The van der Waals surface area contributed by atoms with Gasteiger partial charge in [0, 0.05) is 42.8 Å². The number of hydrogen-bond donors (Lipinski definition) is 1. The molecule has 158 valence electrons. The summed E-state index contributed by atoms with van der Waals surface area (Å²) in [5, 5.41) is 3.80. The fourth-order valence-electron chi connectivity index (χ4n) is 4.57. The molecule has 0 aromatic rings. The average molecular weight is 384 g/mol. The minimum atomic E-state index is -0.332. The highest BCUT2D eigenvalue weighted by molar-refractivity contribution is 5.81. The molecular formula is C22H45N3O2+2. The van der Waals surface area contributed by atoms with Crippen LogP contribution in [-0.2, 0) is 9.53 Å². The molecule has 0 aromatic carbocycles. The normalized spacial score (nSPS) is 20.3. The zero-order valence-electron chi connectivity index (χ0n) is 19.2. The number of rotatable bonds is 10. The Balaban J connectivity index is 2.43. The van der Waals surface area contributed by atoms with Gasteiger partial charge in [-0.3, -0.25) is 0 Å². The van der Waals surface area contributed by atoms with Crippen molar-refractivity contribution in [1.82, 2.24) is 5.32 Å². The molecule has 0 amide bonds. The number of nitrogens with zero attached hydrogens (tertiary/aromatic N) is 2. The molecule has 1 aliphatic rings. The van der Waals surface area contributed by atoms with E-state index in [-0.39, 0.29) is 17.0 Å². The summed E-state index contributed by atoms with van der Waals surface area (Å²) in [6.45, 7) is 16.4. The van der Waals surface area contributed by atoms with E-state index in [9.17, 15) is 4.79 Å². The first-order valence-electron chi connectivity index (χ1n) is 10.4. The molecule has 1 rings (SSSR count). The van der Waals surface area contributed by atoms with Crippen molar-refractivity contribution >= 4 is 5.97 Å². The summed E-state index contributed by atoms with van der Waals surface area (Å²) < 4.78 is 7.10. The highest BCUT2D eigenvalue weighted by Crippen LogP contribution is 2.33. The van der Waals surface area contributed by atoms with E-state index in [2.05, 4.69) is 67.8 Å². The lowest BCUT2D eigenvalue weighted by Crippen LogP contribution is -2.65. The first kappa shape index (κ1) is 24.1. The van der Waals surface area contributed by atoms with Crippen LogP contribution in [0.5, 0.6) is 0 Å². The zero-order valence-corrected chi connectivity index (χ0v) is 19.2. The minimum absolute atomic E-state index is 0.198. The lowest BCUT2D eigenvalue weighted by Gasteiger charge is -2.51. The van der Waals surface area contributed by atoms with Crippen molar-refractivity contribution in [2.24, 2.45) is 0 Å². The molecular weight excluding hydrogens is 338 g/mol. The summed E-state index contributed by atoms with van der Waals surface area (Å²) in [5.74, 6) is -0.332. The maximum absolute atomic E-state index is 11.2. The predicted molar refractivity (Wildman–Crippen MR) is 114 cm³/mol. The molecule has 0 spiro atoms. The molecule has 0 unspecified atom stereocenters. The first-order chi connectivity index (χ1) is 12.2. The number of esters is 1. The van der Waals surface area contributed by atoms with Gasteiger partial charge in [-0.05, 0) is 27.7 Å². The van der Waals surface area contributed by atoms with Crippen LogP contribution in [-0.4, -0.2) is 86.5 Å². The number of likely N-dealkylation sites (N-methyl/N-ethyl adjacent to an activating group) is 1. The minimum Gasteiger partial charge on any atom is -0.457 e. The molecule has 27 heavy (non-hydrogen) atoms. The smallest absolute Gasteiger partial charge is 0.330 e. The molecule has 1 fully saturated rings. The van der Waals surface area contributed by atoms with Gasteiger partial charge in [0.15, 0.2) is 0 Å². The van der Waals surface area contributed by atoms with Crippen molar-refractivity contribution in [2.75, 3.05) is 54.4 Å². The van der Waals surface area contributed by atoms with Gasteiger partial charge in [0.1, 0.15) is 13.2 Å². The number of piperidine rings is 1. The quantitative estimate of drug-likeness (QED) is 0.273. The number of quaternary nitrogens is 2. The van der Waals surface area contributed by atoms with Crippen LogP contribution < -0.4 is 5.32 Å². The van der Waals surface area contributed by atoms with Gasteiger partial charge in [-0.2, -0.15) is 0 Å². The summed E-state index contributed by atoms with van der Waals surface area (Å²) in [6, 6.07) is 0.692. The van der Waals surface area contributed by atoms with Crippen LogP contribution in [0, 0.1) is 0 Å². The lowest BCUT2D eigenvalue weighted by atomic mass is 9.78. The molecule has 0 aliphatic carbocycles. The zero-order chi connectivity index (χ0) is 20.9. The Morgan fingerprint density at radius 2 is 1.56 bits per heavy atom. The maximum atomic E-state index is 11.2. The van der Waals surface area contributed by atoms with Gasteiger partial charge in [-0.15, -0.1) is 0 Å². The predicted octanol–water partition coefficient (Wildman–Crippen LogP) is 2.96. The summed E-state index contributed by atoms with van der Waals surface area (Å²) in [7, 11) is 9.22. The van der Waals surface area contributed by atoms with Gasteiger partial charge in [0.2, 0.25) is 0 Å². The number of ether oxygens (including phenoxy) is 1. The molecule has 0 radical (unpaired) electrons. The molecule has 5 nitrogen and oxygen atoms in total. The van der Waals surface area contributed by atoms with Crippen molar-refractivity contribution < 1.29 is 18.5 Å². The van der Waals surface area contributed by atoms with E-state index in [0.717, 1.165) is 22.1 Å². The van der Waals surface area contributed by atoms with Gasteiger partial charge >= 0.3 is 5.97 Å². The molecule has 1 saturated heterocycles. The van der Waals surface area contributed by atoms with Crippen LogP contribution in [0.1, 0.15) is 53.4 Å². The second kappa shape index (κ2) is 9.06. The van der Waals surface area contributed by atoms with Crippen LogP contribution >= 0.6 is 0 Å². The molecule has 0 aromatic heterocycles. The topological polar surface area (TPSA) is 38.3 Å². The Morgan fingerprint density at radius 1 is 1.04 bits per heavy atom. The van der Waals surface area contributed by atoms with E-state index in [0.29, 0.717) is 12.6 Å². The highest BCUT2D eigenvalue weighted by Gasteiger charge is 2.44. The maximum Gasteiger partial charge on any atom is 0.330 e. The molecule has 1 aliphatic heterocycles. The number of carbonyl (C=O) groups is 1. The Bertz CT molecular complexity index is 494. The first-order valence-corrected chi connectivity index (χ1v) is 10.4. The van der Waals surface area contributed by atoms with Gasteiger partial charge in [-0.25, -0.2) is 4.79 Å². The number of unbranched alkanes of at least 4 members (excludes halogenated alkanes) is 1. The van der Waals surface area contributed by atoms with E-state index < -0.39 is 0 Å². The van der Waals surface area contributed by atoms with E-state index in [1.807, 2.05) is 0 Å². The second-order valence-electron chi connectivity index (χ2n) is 10.9. The Morgan fingerprint density at radius 3 is 2.07 bits per heavy atom. The van der Waals surface area contributed by atoms with E-state index in [4.69, 9.17) is 4.74 Å². The fraction of sp³-hybridized carbons (Fsp3) is 0.864. The van der Waals surface area contributed by atoms with Crippen LogP contribution in [0.2, 0.25) is 0 Å². The summed E-state index contributed by atoms with van der Waals surface area (Å²) in [4.78, 5) is 11.2. The third-order valence-corrected chi connectivity index (χ3v) is 6.01. The third-order valence-electron chi connectivity index (χ3n) is 6.01. The monoisotopic (exact) mass is 383 g/mol. The van der Waals surface area contributed by atoms with E-state index in [1.54, 1.807) is 0 Å². The van der Waals surface area contributed by atoms with Crippen LogP contribution in [0.25, 0.3) is 0 Å². The van der Waals surface area contributed by atoms with Crippen molar-refractivity contribution in [3.8, 4) is 0 Å². The SMILES string of the molecule is C=CC(=O)OCC[N+](C)(C)CCCC[N+](C)(C)C1CC(C)(C)NC(C)(C)C1. The van der Waals surface area contributed by atoms with Crippen molar-refractivity contribution in [3.05, 3.63) is 12.7 Å². The summed E-state index contributed by atoms with van der Waals surface area (Å²) in [6.07, 6.45) is 6.09. The number of carbonyl (C=O) groups excluding carboxylic acids is 1. The lowest BCUT2D eigenvalue weighted by molar-refractivity contribution is -0.919. The largest absolute Gasteiger partial charge is 0.457 e. The van der Waals surface area contributed by atoms with Crippen molar-refractivity contribution in [1.29, 1.82) is 0 Å². The average Bonchev–Trinajstić information content (AvgIpc) is 2.48. The summed E-state index contributed by atoms with van der Waals surface area (Å²) in [5.41, 5.74) is 0.396. The van der Waals surface area contributed by atoms with Crippen LogP contribution in [0.15, 0.2) is 12.7 Å². The van der Waals surface area contributed by atoms with Gasteiger partial charge in [0.05, 0.1) is 47.3 Å². The van der Waals surface area contributed by atoms with Crippen molar-refractivity contribution in [3.63, 3.8) is 0 Å². The molecule has 0 atom stereocenters. The fourth-order valence-corrected chi connectivity index (χ4v) is 4.57. The van der Waals surface area contributed by atoms with E-state index in [1.165, 1.54) is 38.3 Å². The van der Waals surface area contributed by atoms with Gasteiger partial charge in [-0.1, -0.05) is 6.58 Å². The third kappa shape index (κ3) is 8.75. The Labute approximate surface area is 167 Å². The van der Waals surface area contributed by atoms with Gasteiger partial charge in [0.25, 0.3) is 0 Å². The molecule has 1 N–H and O–H groups in total. The molecule has 5 heteroatoms. The molecule has 0 bridgehead atoms. The Hall–Kier alpha value is -0.910. The number of hydrogen-bond acceptors (Lipinski definition) is 3. The second-order valence-corrected chi connectivity index (χ2v) is 10.9. The van der Waals surface area contributed by atoms with E-state index >= 15 is 0 Å². The molecule has 1 heterocycles.